The van der Waals surface area contributed by atoms with Crippen molar-refractivity contribution in [2.75, 3.05) is 23.7 Å². The number of nitrogens with zero attached hydrogens (tertiary/aromatic N) is 1. The molecule has 5 rings (SSSR count). The minimum absolute atomic E-state index is 0.0173. The topological polar surface area (TPSA) is 102 Å². The average Bonchev–Trinajstić information content (AvgIpc) is 2.88. The molecule has 1 unspecified atom stereocenters. The van der Waals surface area contributed by atoms with Crippen LogP contribution in [0.5, 0.6) is 0 Å². The van der Waals surface area contributed by atoms with E-state index in [0.29, 0.717) is 28.4 Å². The highest BCUT2D eigenvalue weighted by atomic mass is 16.3. The molecule has 0 bridgehead atoms. The SMILES string of the molecule is N=C(c1ccc(N2CCC(O)CC2)cc1)c1cc(C(=O)NC(c2ccccc2)C2CCC2)ccc1N. The summed E-state index contributed by atoms with van der Waals surface area (Å²) in [6.07, 6.45) is 4.77. The fourth-order valence-corrected chi connectivity index (χ4v) is 5.16. The number of aliphatic hydroxyl groups excluding tert-OH is 1. The van der Waals surface area contributed by atoms with Gasteiger partial charge in [0.15, 0.2) is 0 Å². The number of benzene rings is 3. The molecule has 2 fully saturated rings. The second-order valence-corrected chi connectivity index (χ2v) is 9.99. The number of anilines is 2. The summed E-state index contributed by atoms with van der Waals surface area (Å²) in [6, 6.07) is 23.2. The zero-order chi connectivity index (χ0) is 25.1. The van der Waals surface area contributed by atoms with Crippen molar-refractivity contribution in [2.45, 2.75) is 44.2 Å². The first-order valence-corrected chi connectivity index (χ1v) is 12.9. The average molecular weight is 483 g/mol. The van der Waals surface area contributed by atoms with Crippen molar-refractivity contribution in [3.8, 4) is 0 Å². The number of nitrogen functional groups attached to an aromatic ring is 1. The van der Waals surface area contributed by atoms with Gasteiger partial charge in [0.05, 0.1) is 17.9 Å². The summed E-state index contributed by atoms with van der Waals surface area (Å²) in [7, 11) is 0. The van der Waals surface area contributed by atoms with Crippen LogP contribution in [-0.4, -0.2) is 35.9 Å². The van der Waals surface area contributed by atoms with Crippen molar-refractivity contribution in [1.82, 2.24) is 5.32 Å². The lowest BCUT2D eigenvalue weighted by Crippen LogP contribution is -2.36. The molecule has 1 aliphatic carbocycles. The monoisotopic (exact) mass is 482 g/mol. The summed E-state index contributed by atoms with van der Waals surface area (Å²) in [5.74, 6) is 0.303. The van der Waals surface area contributed by atoms with Gasteiger partial charge in [0.2, 0.25) is 0 Å². The molecule has 3 aromatic rings. The quantitative estimate of drug-likeness (QED) is 0.284. The van der Waals surface area contributed by atoms with Crippen molar-refractivity contribution < 1.29 is 9.90 Å². The van der Waals surface area contributed by atoms with E-state index in [1.165, 1.54) is 6.42 Å². The smallest absolute Gasteiger partial charge is 0.251 e. The standard InChI is InChI=1S/C30H34N4O2/c31-27-14-11-23(30(36)33-29(22-7-4-8-22)21-5-2-1-3-6-21)19-26(27)28(32)20-9-12-24(13-10-20)34-17-15-25(35)16-18-34/h1-3,5-6,9-14,19,22,25,29,32,35H,4,7-8,15-18,31H2,(H,33,36). The molecule has 1 atom stereocenters. The van der Waals surface area contributed by atoms with E-state index in [0.717, 1.165) is 55.6 Å². The zero-order valence-electron chi connectivity index (χ0n) is 20.5. The number of carbonyl (C=O) groups is 1. The van der Waals surface area contributed by atoms with Crippen LogP contribution >= 0.6 is 0 Å². The predicted molar refractivity (Wildman–Crippen MR) is 145 cm³/mol. The van der Waals surface area contributed by atoms with Crippen molar-refractivity contribution in [2.24, 2.45) is 5.92 Å². The van der Waals surface area contributed by atoms with E-state index < -0.39 is 0 Å². The summed E-state index contributed by atoms with van der Waals surface area (Å²) >= 11 is 0. The summed E-state index contributed by atoms with van der Waals surface area (Å²) < 4.78 is 0. The Balaban J connectivity index is 1.32. The minimum Gasteiger partial charge on any atom is -0.398 e. The van der Waals surface area contributed by atoms with Gasteiger partial charge in [-0.25, -0.2) is 0 Å². The molecule has 36 heavy (non-hydrogen) atoms. The van der Waals surface area contributed by atoms with Gasteiger partial charge in [0, 0.05) is 41.2 Å². The van der Waals surface area contributed by atoms with Gasteiger partial charge in [0.1, 0.15) is 0 Å². The molecule has 6 heteroatoms. The molecule has 1 aliphatic heterocycles. The Morgan fingerprint density at radius 1 is 0.944 bits per heavy atom. The summed E-state index contributed by atoms with van der Waals surface area (Å²) in [5.41, 5.74) is 11.0. The highest BCUT2D eigenvalue weighted by molar-refractivity contribution is 6.15. The normalized spacial score (nSPS) is 17.3. The van der Waals surface area contributed by atoms with Crippen LogP contribution in [0.25, 0.3) is 0 Å². The summed E-state index contributed by atoms with van der Waals surface area (Å²) in [6.45, 7) is 1.65. The van der Waals surface area contributed by atoms with Crippen LogP contribution in [0.4, 0.5) is 11.4 Å². The molecule has 1 saturated heterocycles. The second kappa shape index (κ2) is 10.5. The van der Waals surface area contributed by atoms with Gasteiger partial charge in [-0.15, -0.1) is 0 Å². The number of nitrogens with two attached hydrogens (primary N) is 1. The van der Waals surface area contributed by atoms with Gasteiger partial charge in [0.25, 0.3) is 5.91 Å². The van der Waals surface area contributed by atoms with Crippen molar-refractivity contribution in [3.63, 3.8) is 0 Å². The highest BCUT2D eigenvalue weighted by Gasteiger charge is 2.30. The van der Waals surface area contributed by atoms with Gasteiger partial charge in [-0.05, 0) is 67.5 Å². The molecule has 0 aromatic heterocycles. The van der Waals surface area contributed by atoms with Gasteiger partial charge in [-0.2, -0.15) is 0 Å². The molecular weight excluding hydrogens is 448 g/mol. The Hall–Kier alpha value is -3.64. The molecule has 3 aromatic carbocycles. The van der Waals surface area contributed by atoms with E-state index in [-0.39, 0.29) is 18.1 Å². The second-order valence-electron chi connectivity index (χ2n) is 9.99. The molecule has 6 nitrogen and oxygen atoms in total. The summed E-state index contributed by atoms with van der Waals surface area (Å²) in [4.78, 5) is 15.5. The first-order chi connectivity index (χ1) is 17.5. The molecule has 5 N–H and O–H groups in total. The molecule has 0 radical (unpaired) electrons. The van der Waals surface area contributed by atoms with E-state index in [9.17, 15) is 9.90 Å². The lowest BCUT2D eigenvalue weighted by atomic mass is 9.77. The molecule has 1 amide bonds. The van der Waals surface area contributed by atoms with Crippen molar-refractivity contribution in [3.05, 3.63) is 95.1 Å². The van der Waals surface area contributed by atoms with Crippen LogP contribution in [0.2, 0.25) is 0 Å². The first-order valence-electron chi connectivity index (χ1n) is 12.9. The Labute approximate surface area is 212 Å². The fourth-order valence-electron chi connectivity index (χ4n) is 5.16. The Morgan fingerprint density at radius 3 is 2.25 bits per heavy atom. The molecule has 186 valence electrons. The van der Waals surface area contributed by atoms with Crippen LogP contribution in [0.1, 0.15) is 65.2 Å². The lowest BCUT2D eigenvalue weighted by Gasteiger charge is -2.34. The third-order valence-electron chi connectivity index (χ3n) is 7.64. The minimum atomic E-state index is -0.210. The third-order valence-corrected chi connectivity index (χ3v) is 7.64. The molecule has 1 heterocycles. The fraction of sp³-hybridized carbons (Fsp3) is 0.333. The van der Waals surface area contributed by atoms with Gasteiger partial charge in [-0.3, -0.25) is 10.2 Å². The lowest BCUT2D eigenvalue weighted by molar-refractivity contribution is 0.0900. The van der Waals surface area contributed by atoms with Crippen LogP contribution in [-0.2, 0) is 0 Å². The number of amides is 1. The number of carbonyl (C=O) groups excluding carboxylic acids is 1. The first kappa shape index (κ1) is 24.1. The van der Waals surface area contributed by atoms with E-state index in [4.69, 9.17) is 11.1 Å². The third kappa shape index (κ3) is 5.14. The van der Waals surface area contributed by atoms with Crippen LogP contribution in [0.3, 0.4) is 0 Å². The van der Waals surface area contributed by atoms with Gasteiger partial charge >= 0.3 is 0 Å². The largest absolute Gasteiger partial charge is 0.398 e. The molecule has 2 aliphatic rings. The maximum Gasteiger partial charge on any atom is 0.251 e. The number of nitrogens with one attached hydrogen (secondary N) is 2. The maximum absolute atomic E-state index is 13.3. The van der Waals surface area contributed by atoms with Crippen LogP contribution in [0, 0.1) is 11.3 Å². The Kier molecular flexibility index (Phi) is 7.05. The highest BCUT2D eigenvalue weighted by Crippen LogP contribution is 2.38. The number of rotatable bonds is 7. The number of hydrogen-bond acceptors (Lipinski definition) is 5. The number of aliphatic hydroxyl groups is 1. The Morgan fingerprint density at radius 2 is 1.61 bits per heavy atom. The van der Waals surface area contributed by atoms with E-state index in [2.05, 4.69) is 22.3 Å². The zero-order valence-corrected chi connectivity index (χ0v) is 20.5. The molecule has 0 spiro atoms. The van der Waals surface area contributed by atoms with Crippen LogP contribution < -0.4 is 16.0 Å². The number of piperidine rings is 1. The molecule has 1 saturated carbocycles. The Bertz CT molecular complexity index is 1210. The van der Waals surface area contributed by atoms with E-state index >= 15 is 0 Å². The van der Waals surface area contributed by atoms with E-state index in [1.54, 1.807) is 18.2 Å². The molecular formula is C30H34N4O2. The van der Waals surface area contributed by atoms with Gasteiger partial charge in [-0.1, -0.05) is 48.9 Å². The summed E-state index contributed by atoms with van der Waals surface area (Å²) in [5, 5.41) is 21.8. The number of hydrogen-bond donors (Lipinski definition) is 4. The predicted octanol–water partition coefficient (Wildman–Crippen LogP) is 4.92. The van der Waals surface area contributed by atoms with Gasteiger partial charge < -0.3 is 21.1 Å². The van der Waals surface area contributed by atoms with E-state index in [1.807, 2.05) is 42.5 Å². The van der Waals surface area contributed by atoms with Crippen molar-refractivity contribution >= 4 is 23.0 Å². The van der Waals surface area contributed by atoms with Crippen LogP contribution in [0.15, 0.2) is 72.8 Å². The van der Waals surface area contributed by atoms with Crippen molar-refractivity contribution in [1.29, 1.82) is 5.41 Å². The maximum atomic E-state index is 13.3.